The summed E-state index contributed by atoms with van der Waals surface area (Å²) in [7, 11) is 0. The number of halogens is 1. The van der Waals surface area contributed by atoms with Crippen LogP contribution < -0.4 is 5.73 Å². The van der Waals surface area contributed by atoms with Gasteiger partial charge in [-0.2, -0.15) is 0 Å². The standard InChI is InChI=1S/C24H17FN2O/c25-20-9-3-7-18-22-19(24(26)28)8-4-10-21(22)27(23(18)20)14-15-11-12-16-5-1-2-6-17(16)13-15/h1-13H,14H2,(H2,26,28). The quantitative estimate of drug-likeness (QED) is 0.465. The Morgan fingerprint density at radius 3 is 2.50 bits per heavy atom. The maximum atomic E-state index is 14.8. The monoisotopic (exact) mass is 368 g/mol. The molecule has 5 aromatic rings. The van der Waals surface area contributed by atoms with E-state index in [-0.39, 0.29) is 5.82 Å². The van der Waals surface area contributed by atoms with Crippen LogP contribution in [0, 0.1) is 5.82 Å². The zero-order chi connectivity index (χ0) is 19.3. The lowest BCUT2D eigenvalue weighted by atomic mass is 10.1. The second-order valence-corrected chi connectivity index (χ2v) is 6.97. The van der Waals surface area contributed by atoms with Crippen LogP contribution in [0.15, 0.2) is 78.9 Å². The van der Waals surface area contributed by atoms with Crippen LogP contribution in [0.5, 0.6) is 0 Å². The van der Waals surface area contributed by atoms with E-state index in [4.69, 9.17) is 5.73 Å². The van der Waals surface area contributed by atoms with E-state index in [2.05, 4.69) is 30.3 Å². The number of fused-ring (bicyclic) bond motifs is 4. The molecular formula is C24H17FN2O. The molecule has 0 aliphatic heterocycles. The van der Waals surface area contributed by atoms with Gasteiger partial charge in [0, 0.05) is 22.9 Å². The van der Waals surface area contributed by atoms with E-state index in [0.717, 1.165) is 21.9 Å². The maximum absolute atomic E-state index is 14.8. The number of aromatic nitrogens is 1. The third-order valence-corrected chi connectivity index (χ3v) is 5.28. The highest BCUT2D eigenvalue weighted by molar-refractivity contribution is 6.18. The third-order valence-electron chi connectivity index (χ3n) is 5.28. The fourth-order valence-electron chi connectivity index (χ4n) is 4.05. The van der Waals surface area contributed by atoms with Gasteiger partial charge in [-0.15, -0.1) is 0 Å². The largest absolute Gasteiger partial charge is 0.366 e. The highest BCUT2D eigenvalue weighted by Gasteiger charge is 2.18. The van der Waals surface area contributed by atoms with Crippen molar-refractivity contribution in [1.29, 1.82) is 0 Å². The number of amides is 1. The van der Waals surface area contributed by atoms with Crippen molar-refractivity contribution >= 4 is 38.5 Å². The van der Waals surface area contributed by atoms with Gasteiger partial charge in [-0.3, -0.25) is 4.79 Å². The molecule has 0 atom stereocenters. The molecule has 1 aromatic heterocycles. The Morgan fingerprint density at radius 1 is 0.893 bits per heavy atom. The third kappa shape index (κ3) is 2.46. The van der Waals surface area contributed by atoms with Crippen LogP contribution in [0.25, 0.3) is 32.6 Å². The number of rotatable bonds is 3. The van der Waals surface area contributed by atoms with Crippen LogP contribution in [-0.2, 0) is 6.54 Å². The molecule has 5 rings (SSSR count). The van der Waals surface area contributed by atoms with Crippen molar-refractivity contribution in [2.45, 2.75) is 6.54 Å². The van der Waals surface area contributed by atoms with E-state index in [0.29, 0.717) is 28.4 Å². The predicted octanol–water partition coefficient (Wildman–Crippen LogP) is 5.23. The van der Waals surface area contributed by atoms with Gasteiger partial charge in [-0.25, -0.2) is 4.39 Å². The van der Waals surface area contributed by atoms with Crippen LogP contribution in [-0.4, -0.2) is 10.5 Å². The zero-order valence-electron chi connectivity index (χ0n) is 15.0. The molecule has 28 heavy (non-hydrogen) atoms. The Bertz CT molecular complexity index is 1380. The first-order valence-corrected chi connectivity index (χ1v) is 9.10. The Balaban J connectivity index is 1.79. The van der Waals surface area contributed by atoms with Crippen molar-refractivity contribution in [1.82, 2.24) is 4.57 Å². The molecule has 0 aliphatic rings. The van der Waals surface area contributed by atoms with Crippen molar-refractivity contribution in [3.8, 4) is 0 Å². The predicted molar refractivity (Wildman–Crippen MR) is 111 cm³/mol. The Labute approximate surface area is 160 Å². The molecule has 0 unspecified atom stereocenters. The highest BCUT2D eigenvalue weighted by atomic mass is 19.1. The molecule has 3 nitrogen and oxygen atoms in total. The molecule has 0 aliphatic carbocycles. The summed E-state index contributed by atoms with van der Waals surface area (Å²) >= 11 is 0. The molecule has 0 saturated carbocycles. The molecule has 2 N–H and O–H groups in total. The number of hydrogen-bond acceptors (Lipinski definition) is 1. The zero-order valence-corrected chi connectivity index (χ0v) is 15.0. The number of carbonyl (C=O) groups excluding carboxylic acids is 1. The van der Waals surface area contributed by atoms with E-state index < -0.39 is 5.91 Å². The fraction of sp³-hybridized carbons (Fsp3) is 0.0417. The second-order valence-electron chi connectivity index (χ2n) is 6.97. The van der Waals surface area contributed by atoms with Crippen LogP contribution in [0.2, 0.25) is 0 Å². The number of hydrogen-bond donors (Lipinski definition) is 1. The molecule has 0 spiro atoms. The van der Waals surface area contributed by atoms with Crippen LogP contribution >= 0.6 is 0 Å². The smallest absolute Gasteiger partial charge is 0.249 e. The first-order chi connectivity index (χ1) is 13.6. The lowest BCUT2D eigenvalue weighted by Crippen LogP contribution is -2.11. The maximum Gasteiger partial charge on any atom is 0.249 e. The van der Waals surface area contributed by atoms with Crippen molar-refractivity contribution in [3.05, 3.63) is 95.8 Å². The van der Waals surface area contributed by atoms with Gasteiger partial charge in [0.1, 0.15) is 5.82 Å². The number of benzene rings is 4. The summed E-state index contributed by atoms with van der Waals surface area (Å²) in [4.78, 5) is 12.0. The van der Waals surface area contributed by atoms with Crippen LogP contribution in [0.4, 0.5) is 4.39 Å². The average molecular weight is 368 g/mol. The van der Waals surface area contributed by atoms with E-state index in [1.54, 1.807) is 18.2 Å². The summed E-state index contributed by atoms with van der Waals surface area (Å²) in [6, 6.07) is 24.7. The Hall–Kier alpha value is -3.66. The molecule has 0 fully saturated rings. The minimum Gasteiger partial charge on any atom is -0.366 e. The first-order valence-electron chi connectivity index (χ1n) is 9.10. The topological polar surface area (TPSA) is 48.0 Å². The second kappa shape index (κ2) is 6.20. The van der Waals surface area contributed by atoms with Gasteiger partial charge >= 0.3 is 0 Å². The number of carbonyl (C=O) groups is 1. The summed E-state index contributed by atoms with van der Waals surface area (Å²) in [5.74, 6) is -0.829. The van der Waals surface area contributed by atoms with Crippen molar-refractivity contribution in [3.63, 3.8) is 0 Å². The number of para-hydroxylation sites is 1. The summed E-state index contributed by atoms with van der Waals surface area (Å²) < 4.78 is 16.8. The Morgan fingerprint density at radius 2 is 1.68 bits per heavy atom. The SMILES string of the molecule is NC(=O)c1cccc2c1c1cccc(F)c1n2Cc1ccc2ccccc2c1. The summed E-state index contributed by atoms with van der Waals surface area (Å²) in [5.41, 5.74) is 8.34. The normalized spacial score (nSPS) is 11.5. The first kappa shape index (κ1) is 16.5. The van der Waals surface area contributed by atoms with Crippen LogP contribution in [0.3, 0.4) is 0 Å². The van der Waals surface area contributed by atoms with Gasteiger partial charge in [-0.05, 0) is 40.6 Å². The van der Waals surface area contributed by atoms with E-state index in [1.807, 2.05) is 28.8 Å². The van der Waals surface area contributed by atoms with Gasteiger partial charge in [0.25, 0.3) is 0 Å². The van der Waals surface area contributed by atoms with Gasteiger partial charge < -0.3 is 10.3 Å². The lowest BCUT2D eigenvalue weighted by Gasteiger charge is -2.10. The van der Waals surface area contributed by atoms with Gasteiger partial charge in [0.15, 0.2) is 0 Å². The number of primary amides is 1. The highest BCUT2D eigenvalue weighted by Crippen LogP contribution is 2.34. The van der Waals surface area contributed by atoms with Crippen molar-refractivity contribution in [2.75, 3.05) is 0 Å². The minimum absolute atomic E-state index is 0.315. The van der Waals surface area contributed by atoms with Crippen molar-refractivity contribution in [2.24, 2.45) is 5.73 Å². The van der Waals surface area contributed by atoms with Gasteiger partial charge in [-0.1, -0.05) is 54.6 Å². The molecule has 4 aromatic carbocycles. The molecular weight excluding hydrogens is 351 g/mol. The molecule has 0 saturated heterocycles. The summed E-state index contributed by atoms with van der Waals surface area (Å²) in [5, 5.41) is 3.70. The molecule has 0 radical (unpaired) electrons. The van der Waals surface area contributed by atoms with E-state index >= 15 is 0 Å². The van der Waals surface area contributed by atoms with Crippen LogP contribution in [0.1, 0.15) is 15.9 Å². The Kier molecular flexibility index (Phi) is 3.66. The van der Waals surface area contributed by atoms with E-state index in [9.17, 15) is 9.18 Å². The number of nitrogens with zero attached hydrogens (tertiary/aromatic N) is 1. The lowest BCUT2D eigenvalue weighted by molar-refractivity contribution is 0.100. The van der Waals surface area contributed by atoms with Gasteiger partial charge in [0.05, 0.1) is 11.0 Å². The summed E-state index contributed by atoms with van der Waals surface area (Å²) in [6.45, 7) is 0.494. The fourth-order valence-corrected chi connectivity index (χ4v) is 4.05. The molecule has 136 valence electrons. The number of nitrogens with two attached hydrogens (primary N) is 1. The van der Waals surface area contributed by atoms with Gasteiger partial charge in [0.2, 0.25) is 5.91 Å². The molecule has 0 bridgehead atoms. The molecule has 1 heterocycles. The molecule has 1 amide bonds. The molecule has 4 heteroatoms. The summed E-state index contributed by atoms with van der Waals surface area (Å²) in [6.07, 6.45) is 0. The van der Waals surface area contributed by atoms with Crippen molar-refractivity contribution < 1.29 is 9.18 Å². The average Bonchev–Trinajstić information content (AvgIpc) is 3.03. The van der Waals surface area contributed by atoms with E-state index in [1.165, 1.54) is 6.07 Å². The minimum atomic E-state index is -0.514.